The Morgan fingerprint density at radius 2 is 2.05 bits per heavy atom. The number of benzene rings is 1. The number of H-pyrrole nitrogens is 1. The van der Waals surface area contributed by atoms with Gasteiger partial charge in [0, 0.05) is 22.6 Å². The first kappa shape index (κ1) is 14.3. The number of fused-ring (bicyclic) bond motifs is 3. The predicted molar refractivity (Wildman–Crippen MR) is 92.4 cm³/mol. The summed E-state index contributed by atoms with van der Waals surface area (Å²) >= 11 is 0. The number of hydrogen-bond donors (Lipinski definition) is 2. The van der Waals surface area contributed by atoms with Crippen molar-refractivity contribution in [1.29, 1.82) is 0 Å². The van der Waals surface area contributed by atoms with Gasteiger partial charge in [0.05, 0.1) is 0 Å². The van der Waals surface area contributed by atoms with Crippen LogP contribution < -0.4 is 5.32 Å². The van der Waals surface area contributed by atoms with Crippen molar-refractivity contribution < 1.29 is 0 Å². The Morgan fingerprint density at radius 1 is 1.18 bits per heavy atom. The quantitative estimate of drug-likeness (QED) is 0.908. The molecule has 1 fully saturated rings. The summed E-state index contributed by atoms with van der Waals surface area (Å²) in [5, 5.41) is 5.18. The highest BCUT2D eigenvalue weighted by Gasteiger charge is 2.24. The van der Waals surface area contributed by atoms with Crippen LogP contribution in [-0.2, 0) is 6.42 Å². The molecular weight excluding hydrogens is 270 g/mol. The van der Waals surface area contributed by atoms with Crippen LogP contribution >= 0.6 is 0 Å². The second kappa shape index (κ2) is 6.05. The van der Waals surface area contributed by atoms with Crippen molar-refractivity contribution in [1.82, 2.24) is 15.2 Å². The van der Waals surface area contributed by atoms with E-state index in [2.05, 4.69) is 40.3 Å². The fourth-order valence-corrected chi connectivity index (χ4v) is 4.16. The average Bonchev–Trinajstić information content (AvgIpc) is 2.92. The van der Waals surface area contributed by atoms with E-state index in [4.69, 9.17) is 0 Å². The summed E-state index contributed by atoms with van der Waals surface area (Å²) in [6, 6.07) is 7.29. The average molecular weight is 297 g/mol. The lowest BCUT2D eigenvalue weighted by Crippen LogP contribution is -2.35. The Kier molecular flexibility index (Phi) is 3.93. The molecule has 0 saturated carbocycles. The minimum atomic E-state index is 0.499. The normalized spacial score (nSPS) is 22.9. The van der Waals surface area contributed by atoms with Crippen molar-refractivity contribution in [2.24, 2.45) is 0 Å². The van der Waals surface area contributed by atoms with Gasteiger partial charge in [-0.15, -0.1) is 0 Å². The molecule has 3 nitrogen and oxygen atoms in total. The summed E-state index contributed by atoms with van der Waals surface area (Å²) < 4.78 is 0. The highest BCUT2D eigenvalue weighted by Crippen LogP contribution is 2.32. The fraction of sp³-hybridized carbons (Fsp3) is 0.579. The standard InChI is InChI=1S/C19H27N3/c1-14-5-6-17-16(13-14)15-7-9-20-18(19(15)21-17)8-12-22-10-3-2-4-11-22/h5-6,13,18,20-21H,2-4,7-12H2,1H3/t18-/m1/s1. The Labute approximate surface area is 133 Å². The molecule has 0 spiro atoms. The molecule has 0 radical (unpaired) electrons. The lowest BCUT2D eigenvalue weighted by Gasteiger charge is -2.30. The predicted octanol–water partition coefficient (Wildman–Crippen LogP) is 3.54. The number of aryl methyl sites for hydroxylation is 1. The third-order valence-corrected chi connectivity index (χ3v) is 5.39. The van der Waals surface area contributed by atoms with Gasteiger partial charge in [-0.25, -0.2) is 0 Å². The monoisotopic (exact) mass is 297 g/mol. The Bertz CT molecular complexity index is 652. The van der Waals surface area contributed by atoms with E-state index in [9.17, 15) is 0 Å². The van der Waals surface area contributed by atoms with Gasteiger partial charge in [-0.2, -0.15) is 0 Å². The summed E-state index contributed by atoms with van der Waals surface area (Å²) in [5.74, 6) is 0. The maximum atomic E-state index is 3.73. The highest BCUT2D eigenvalue weighted by atomic mass is 15.1. The third-order valence-electron chi connectivity index (χ3n) is 5.39. The van der Waals surface area contributed by atoms with Gasteiger partial charge < -0.3 is 15.2 Å². The van der Waals surface area contributed by atoms with Gasteiger partial charge in [-0.3, -0.25) is 0 Å². The first-order chi connectivity index (χ1) is 10.8. The van der Waals surface area contributed by atoms with Gasteiger partial charge in [0.1, 0.15) is 0 Å². The molecule has 1 aromatic carbocycles. The zero-order valence-electron chi connectivity index (χ0n) is 13.6. The summed E-state index contributed by atoms with van der Waals surface area (Å²) in [6.45, 7) is 7.12. The molecule has 118 valence electrons. The van der Waals surface area contributed by atoms with Crippen molar-refractivity contribution in [3.05, 3.63) is 35.0 Å². The first-order valence-electron chi connectivity index (χ1n) is 8.88. The van der Waals surface area contributed by atoms with Crippen molar-refractivity contribution >= 4 is 10.9 Å². The Hall–Kier alpha value is -1.32. The molecule has 0 amide bonds. The molecule has 3 heterocycles. The molecule has 22 heavy (non-hydrogen) atoms. The molecule has 2 N–H and O–H groups in total. The summed E-state index contributed by atoms with van der Waals surface area (Å²) in [7, 11) is 0. The molecule has 1 aromatic heterocycles. The maximum Gasteiger partial charge on any atom is 0.0488 e. The number of nitrogens with one attached hydrogen (secondary N) is 2. The SMILES string of the molecule is Cc1ccc2[nH]c3c(c2c1)CCN[C@@H]3CCN1CCCCC1. The third kappa shape index (κ3) is 2.68. The molecule has 1 saturated heterocycles. The molecule has 2 aliphatic rings. The lowest BCUT2D eigenvalue weighted by molar-refractivity contribution is 0.215. The number of nitrogens with zero attached hydrogens (tertiary/aromatic N) is 1. The first-order valence-corrected chi connectivity index (χ1v) is 8.88. The van der Waals surface area contributed by atoms with E-state index in [-0.39, 0.29) is 0 Å². The molecule has 0 aliphatic carbocycles. The molecule has 0 bridgehead atoms. The number of aromatic nitrogens is 1. The van der Waals surface area contributed by atoms with Crippen LogP contribution in [-0.4, -0.2) is 36.1 Å². The number of likely N-dealkylation sites (tertiary alicyclic amines) is 1. The van der Waals surface area contributed by atoms with Gasteiger partial charge in [0.15, 0.2) is 0 Å². The van der Waals surface area contributed by atoms with Crippen LogP contribution in [0.4, 0.5) is 0 Å². The summed E-state index contributed by atoms with van der Waals surface area (Å²) in [6.07, 6.45) is 6.56. The van der Waals surface area contributed by atoms with E-state index in [0.29, 0.717) is 6.04 Å². The van der Waals surface area contributed by atoms with E-state index >= 15 is 0 Å². The maximum absolute atomic E-state index is 3.73. The molecule has 2 aromatic rings. The minimum Gasteiger partial charge on any atom is -0.357 e. The van der Waals surface area contributed by atoms with Crippen molar-refractivity contribution in [3.63, 3.8) is 0 Å². The highest BCUT2D eigenvalue weighted by molar-refractivity contribution is 5.85. The van der Waals surface area contributed by atoms with Crippen LogP contribution in [0.2, 0.25) is 0 Å². The number of aromatic amines is 1. The second-order valence-electron chi connectivity index (χ2n) is 7.01. The fourth-order valence-electron chi connectivity index (χ4n) is 4.16. The van der Waals surface area contributed by atoms with Gasteiger partial charge in [-0.1, -0.05) is 18.1 Å². The molecule has 3 heteroatoms. The summed E-state index contributed by atoms with van der Waals surface area (Å²) in [5.41, 5.74) is 5.67. The van der Waals surface area contributed by atoms with Crippen LogP contribution in [0.1, 0.15) is 48.5 Å². The molecule has 4 rings (SSSR count). The minimum absolute atomic E-state index is 0.499. The van der Waals surface area contributed by atoms with Crippen LogP contribution in [0, 0.1) is 6.92 Å². The van der Waals surface area contributed by atoms with Crippen molar-refractivity contribution in [2.75, 3.05) is 26.2 Å². The van der Waals surface area contributed by atoms with E-state index in [1.54, 1.807) is 5.56 Å². The number of hydrogen-bond acceptors (Lipinski definition) is 2. The summed E-state index contributed by atoms with van der Waals surface area (Å²) in [4.78, 5) is 6.35. The lowest BCUT2D eigenvalue weighted by atomic mass is 9.96. The zero-order valence-corrected chi connectivity index (χ0v) is 13.6. The Balaban J connectivity index is 1.55. The van der Waals surface area contributed by atoms with E-state index in [1.807, 2.05) is 0 Å². The molecule has 1 atom stereocenters. The molecular formula is C19H27N3. The Morgan fingerprint density at radius 3 is 2.91 bits per heavy atom. The van der Waals surface area contributed by atoms with Gasteiger partial charge in [-0.05, 0) is 76.5 Å². The van der Waals surface area contributed by atoms with Crippen LogP contribution in [0.25, 0.3) is 10.9 Å². The van der Waals surface area contributed by atoms with E-state index in [0.717, 1.165) is 13.0 Å². The molecule has 2 aliphatic heterocycles. The van der Waals surface area contributed by atoms with Gasteiger partial charge in [0.25, 0.3) is 0 Å². The zero-order chi connectivity index (χ0) is 14.9. The van der Waals surface area contributed by atoms with Crippen molar-refractivity contribution in [2.45, 2.75) is 45.1 Å². The van der Waals surface area contributed by atoms with E-state index < -0.39 is 0 Å². The van der Waals surface area contributed by atoms with Gasteiger partial charge >= 0.3 is 0 Å². The van der Waals surface area contributed by atoms with Gasteiger partial charge in [0.2, 0.25) is 0 Å². The van der Waals surface area contributed by atoms with Crippen LogP contribution in [0.5, 0.6) is 0 Å². The topological polar surface area (TPSA) is 31.1 Å². The number of piperidine rings is 1. The van der Waals surface area contributed by atoms with Crippen molar-refractivity contribution in [3.8, 4) is 0 Å². The number of rotatable bonds is 3. The smallest absolute Gasteiger partial charge is 0.0488 e. The second-order valence-corrected chi connectivity index (χ2v) is 7.01. The van der Waals surface area contributed by atoms with E-state index in [1.165, 1.54) is 67.5 Å². The largest absolute Gasteiger partial charge is 0.357 e. The van der Waals surface area contributed by atoms with Crippen LogP contribution in [0.15, 0.2) is 18.2 Å². The van der Waals surface area contributed by atoms with Crippen LogP contribution in [0.3, 0.4) is 0 Å². The molecule has 0 unspecified atom stereocenters.